The lowest BCUT2D eigenvalue weighted by Gasteiger charge is -2.53. The van der Waals surface area contributed by atoms with E-state index in [1.54, 1.807) is 11.8 Å². The number of amides is 2. The van der Waals surface area contributed by atoms with Crippen molar-refractivity contribution in [2.75, 3.05) is 12.3 Å². The molecule has 2 aliphatic heterocycles. The number of carbonyl (C=O) groups excluding carboxylic acids is 2. The first-order valence-electron chi connectivity index (χ1n) is 6.88. The van der Waals surface area contributed by atoms with E-state index in [9.17, 15) is 19.5 Å². The summed E-state index contributed by atoms with van der Waals surface area (Å²) < 4.78 is 0. The number of β-lactam (4-membered cyclic amide) rings is 1. The third kappa shape index (κ3) is 2.61. The van der Waals surface area contributed by atoms with Gasteiger partial charge in [0.2, 0.25) is 11.8 Å². The topological polar surface area (TPSA) is 86.7 Å². The van der Waals surface area contributed by atoms with E-state index in [0.717, 1.165) is 4.88 Å². The Morgan fingerprint density at radius 1 is 1.55 bits per heavy atom. The van der Waals surface area contributed by atoms with Crippen molar-refractivity contribution in [1.29, 1.82) is 0 Å². The van der Waals surface area contributed by atoms with Crippen LogP contribution >= 0.6 is 23.1 Å². The van der Waals surface area contributed by atoms with Crippen molar-refractivity contribution in [3.8, 4) is 0 Å². The first kappa shape index (κ1) is 15.4. The number of hydrogen-bond acceptors (Lipinski definition) is 5. The average molecular weight is 340 g/mol. The van der Waals surface area contributed by atoms with Crippen LogP contribution in [-0.2, 0) is 20.8 Å². The maximum absolute atomic E-state index is 12.2. The molecule has 118 valence electrons. The molecule has 3 rings (SSSR count). The lowest BCUT2D eigenvalue weighted by molar-refractivity contribution is -0.157. The Hall–Kier alpha value is -1.54. The lowest BCUT2D eigenvalue weighted by atomic mass is 9.89. The molecule has 3 heterocycles. The molecule has 2 N–H and O–H groups in total. The summed E-state index contributed by atoms with van der Waals surface area (Å²) in [6, 6.07) is 3.23. The highest BCUT2D eigenvalue weighted by Gasteiger charge is 2.55. The van der Waals surface area contributed by atoms with E-state index in [1.165, 1.54) is 23.1 Å². The van der Waals surface area contributed by atoms with Gasteiger partial charge < -0.3 is 15.3 Å². The number of rotatable bonds is 4. The first-order valence-corrected chi connectivity index (χ1v) is 8.81. The highest BCUT2D eigenvalue weighted by Crippen LogP contribution is 2.41. The SMILES string of the molecule is CC1(C(=O)O)CS[C@@H]2C(NC(=O)Cc3cccs3)C(=O)N2C1. The fourth-order valence-electron chi connectivity index (χ4n) is 2.63. The van der Waals surface area contributed by atoms with E-state index in [4.69, 9.17) is 0 Å². The third-order valence-corrected chi connectivity index (χ3v) is 6.53. The molecule has 0 spiro atoms. The van der Waals surface area contributed by atoms with Gasteiger partial charge >= 0.3 is 5.97 Å². The van der Waals surface area contributed by atoms with Crippen LogP contribution in [0.1, 0.15) is 11.8 Å². The Morgan fingerprint density at radius 3 is 2.95 bits per heavy atom. The minimum absolute atomic E-state index is 0.146. The summed E-state index contributed by atoms with van der Waals surface area (Å²) in [5.41, 5.74) is -0.914. The van der Waals surface area contributed by atoms with Gasteiger partial charge in [-0.15, -0.1) is 23.1 Å². The predicted molar refractivity (Wildman–Crippen MR) is 83.7 cm³/mol. The molecule has 0 bridgehead atoms. The summed E-state index contributed by atoms with van der Waals surface area (Å²) in [6.07, 6.45) is 0.270. The molecule has 22 heavy (non-hydrogen) atoms. The maximum Gasteiger partial charge on any atom is 0.312 e. The van der Waals surface area contributed by atoms with Gasteiger partial charge in [0.1, 0.15) is 11.4 Å². The molecule has 2 aliphatic rings. The molecular weight excluding hydrogens is 324 g/mol. The number of nitrogens with zero attached hydrogens (tertiary/aromatic N) is 1. The summed E-state index contributed by atoms with van der Waals surface area (Å²) in [5, 5.41) is 13.8. The maximum atomic E-state index is 12.2. The quantitative estimate of drug-likeness (QED) is 0.791. The van der Waals surface area contributed by atoms with Crippen molar-refractivity contribution in [1.82, 2.24) is 10.2 Å². The Labute approximate surface area is 135 Å². The number of carboxylic acid groups (broad SMARTS) is 1. The smallest absolute Gasteiger partial charge is 0.312 e. The van der Waals surface area contributed by atoms with Crippen molar-refractivity contribution in [2.24, 2.45) is 5.41 Å². The van der Waals surface area contributed by atoms with Gasteiger partial charge in [-0.2, -0.15) is 0 Å². The highest BCUT2D eigenvalue weighted by molar-refractivity contribution is 8.00. The van der Waals surface area contributed by atoms with E-state index < -0.39 is 17.4 Å². The number of fused-ring (bicyclic) bond motifs is 1. The van der Waals surface area contributed by atoms with Crippen LogP contribution in [-0.4, -0.2) is 51.5 Å². The Bertz CT molecular complexity index is 618. The van der Waals surface area contributed by atoms with Crippen LogP contribution in [0.3, 0.4) is 0 Å². The van der Waals surface area contributed by atoms with Crippen LogP contribution in [0.25, 0.3) is 0 Å². The van der Waals surface area contributed by atoms with E-state index in [2.05, 4.69) is 5.32 Å². The first-order chi connectivity index (χ1) is 10.4. The zero-order chi connectivity index (χ0) is 15.9. The zero-order valence-corrected chi connectivity index (χ0v) is 13.6. The van der Waals surface area contributed by atoms with Gasteiger partial charge in [-0.1, -0.05) is 6.07 Å². The fourth-order valence-corrected chi connectivity index (χ4v) is 4.82. The van der Waals surface area contributed by atoms with Crippen LogP contribution in [0.5, 0.6) is 0 Å². The molecule has 0 aliphatic carbocycles. The van der Waals surface area contributed by atoms with E-state index in [-0.39, 0.29) is 30.2 Å². The molecule has 2 amide bonds. The number of thioether (sulfide) groups is 1. The molecule has 8 heteroatoms. The number of carboxylic acids is 1. The molecule has 1 aromatic rings. The predicted octanol–water partition coefficient (Wildman–Crippen LogP) is 0.781. The van der Waals surface area contributed by atoms with Crippen LogP contribution in [0.2, 0.25) is 0 Å². The van der Waals surface area contributed by atoms with Gasteiger partial charge in [0, 0.05) is 17.2 Å². The Morgan fingerprint density at radius 2 is 2.32 bits per heavy atom. The molecule has 0 radical (unpaired) electrons. The van der Waals surface area contributed by atoms with Crippen molar-refractivity contribution < 1.29 is 19.5 Å². The lowest BCUT2D eigenvalue weighted by Crippen LogP contribution is -2.73. The molecule has 6 nitrogen and oxygen atoms in total. The number of thiophene rings is 1. The van der Waals surface area contributed by atoms with Crippen LogP contribution < -0.4 is 5.32 Å². The van der Waals surface area contributed by atoms with Gasteiger partial charge in [0.25, 0.3) is 0 Å². The minimum atomic E-state index is -0.914. The van der Waals surface area contributed by atoms with E-state index in [0.29, 0.717) is 5.75 Å². The highest BCUT2D eigenvalue weighted by atomic mass is 32.2. The largest absolute Gasteiger partial charge is 0.481 e. The second kappa shape index (κ2) is 5.58. The summed E-state index contributed by atoms with van der Waals surface area (Å²) in [5.74, 6) is -0.818. The standard InChI is InChI=1S/C14H16N2O4S2/c1-14(13(19)20)6-16-11(18)10(12(16)22-7-14)15-9(17)5-8-3-2-4-21-8/h2-4,10,12H,5-7H2,1H3,(H,15,17)(H,19,20)/t10?,12-,14?/m1/s1. The van der Waals surface area contributed by atoms with Gasteiger partial charge in [0.15, 0.2) is 0 Å². The molecule has 1 aromatic heterocycles. The fraction of sp³-hybridized carbons (Fsp3) is 0.500. The molecule has 0 aromatic carbocycles. The summed E-state index contributed by atoms with van der Waals surface area (Å²) in [6.45, 7) is 1.85. The van der Waals surface area contributed by atoms with Crippen LogP contribution in [0.15, 0.2) is 17.5 Å². The van der Waals surface area contributed by atoms with Gasteiger partial charge in [-0.3, -0.25) is 14.4 Å². The van der Waals surface area contributed by atoms with Gasteiger partial charge in [-0.25, -0.2) is 0 Å². The molecule has 3 atom stereocenters. The van der Waals surface area contributed by atoms with Crippen molar-refractivity contribution in [2.45, 2.75) is 24.8 Å². The number of carbonyl (C=O) groups is 3. The van der Waals surface area contributed by atoms with E-state index >= 15 is 0 Å². The van der Waals surface area contributed by atoms with E-state index in [1.807, 2.05) is 17.5 Å². The number of nitrogens with one attached hydrogen (secondary N) is 1. The molecule has 2 fully saturated rings. The van der Waals surface area contributed by atoms with Crippen LogP contribution in [0, 0.1) is 5.41 Å². The van der Waals surface area contributed by atoms with Gasteiger partial charge in [-0.05, 0) is 18.4 Å². The number of hydrogen-bond donors (Lipinski definition) is 2. The average Bonchev–Trinajstić information content (AvgIpc) is 2.97. The molecule has 2 saturated heterocycles. The number of aliphatic carboxylic acids is 1. The Kier molecular flexibility index (Phi) is 3.90. The van der Waals surface area contributed by atoms with Crippen LogP contribution in [0.4, 0.5) is 0 Å². The third-order valence-electron chi connectivity index (χ3n) is 3.98. The normalized spacial score (nSPS) is 30.4. The molecule has 0 saturated carbocycles. The second-order valence-electron chi connectivity index (χ2n) is 5.83. The summed E-state index contributed by atoms with van der Waals surface area (Å²) >= 11 is 2.93. The van der Waals surface area contributed by atoms with Crippen molar-refractivity contribution in [3.63, 3.8) is 0 Å². The zero-order valence-electron chi connectivity index (χ0n) is 11.9. The van der Waals surface area contributed by atoms with Crippen molar-refractivity contribution >= 4 is 40.9 Å². The molecule has 2 unspecified atom stereocenters. The minimum Gasteiger partial charge on any atom is -0.481 e. The second-order valence-corrected chi connectivity index (χ2v) is 7.97. The van der Waals surface area contributed by atoms with Gasteiger partial charge in [0.05, 0.1) is 11.8 Å². The Balaban J connectivity index is 1.59. The molecular formula is C14H16N2O4S2. The summed E-state index contributed by atoms with van der Waals surface area (Å²) in [4.78, 5) is 37.9. The monoisotopic (exact) mass is 340 g/mol. The summed E-state index contributed by atoms with van der Waals surface area (Å²) in [7, 11) is 0. The van der Waals surface area contributed by atoms with Crippen molar-refractivity contribution in [3.05, 3.63) is 22.4 Å².